The standard InChI is InChI=1S/C19H26ClN/c1-5-14(3)19(16-8-6-7-9-17(16)20)21-18-12-13(2)10-11-15(18)4/h6-9,13,21H,5,10-12H2,1-4H3. The van der Waals surface area contributed by atoms with Gasteiger partial charge in [0.15, 0.2) is 0 Å². The molecule has 0 fully saturated rings. The fourth-order valence-corrected chi connectivity index (χ4v) is 3.02. The number of halogens is 1. The van der Waals surface area contributed by atoms with E-state index in [0.29, 0.717) is 0 Å². The van der Waals surface area contributed by atoms with E-state index in [1.54, 1.807) is 0 Å². The van der Waals surface area contributed by atoms with Gasteiger partial charge in [0.2, 0.25) is 0 Å². The van der Waals surface area contributed by atoms with Gasteiger partial charge >= 0.3 is 0 Å². The molecule has 1 N–H and O–H groups in total. The van der Waals surface area contributed by atoms with Crippen molar-refractivity contribution in [2.45, 2.75) is 53.4 Å². The molecule has 0 amide bonds. The zero-order chi connectivity index (χ0) is 15.4. The molecule has 0 spiro atoms. The third-order valence-electron chi connectivity index (χ3n) is 4.46. The molecule has 1 nitrogen and oxygen atoms in total. The molecule has 1 atom stereocenters. The number of nitrogens with one attached hydrogen (secondary N) is 1. The summed E-state index contributed by atoms with van der Waals surface area (Å²) in [7, 11) is 0. The highest BCUT2D eigenvalue weighted by Gasteiger charge is 2.18. The van der Waals surface area contributed by atoms with E-state index in [4.69, 9.17) is 11.6 Å². The topological polar surface area (TPSA) is 12.0 Å². The Balaban J connectivity index is 2.38. The highest BCUT2D eigenvalue weighted by atomic mass is 35.5. The molecule has 0 bridgehead atoms. The molecule has 0 aliphatic heterocycles. The first kappa shape index (κ1) is 16.2. The first-order valence-corrected chi connectivity index (χ1v) is 8.31. The lowest BCUT2D eigenvalue weighted by Crippen LogP contribution is -2.20. The molecule has 0 radical (unpaired) electrons. The smallest absolute Gasteiger partial charge is 0.0499 e. The number of hydrogen-bond acceptors (Lipinski definition) is 1. The zero-order valence-corrected chi connectivity index (χ0v) is 14.3. The van der Waals surface area contributed by atoms with E-state index < -0.39 is 0 Å². The summed E-state index contributed by atoms with van der Waals surface area (Å²) in [6.45, 7) is 8.96. The largest absolute Gasteiger partial charge is 0.358 e. The predicted molar refractivity (Wildman–Crippen MR) is 93.2 cm³/mol. The highest BCUT2D eigenvalue weighted by molar-refractivity contribution is 6.32. The maximum Gasteiger partial charge on any atom is 0.0499 e. The second-order valence-corrected chi connectivity index (χ2v) is 6.63. The summed E-state index contributed by atoms with van der Waals surface area (Å²) >= 11 is 6.41. The van der Waals surface area contributed by atoms with E-state index in [2.05, 4.69) is 45.1 Å². The molecular formula is C19H26ClN. The lowest BCUT2D eigenvalue weighted by molar-refractivity contribution is 0.484. The van der Waals surface area contributed by atoms with Gasteiger partial charge in [0.05, 0.1) is 0 Å². The number of rotatable bonds is 4. The molecule has 2 rings (SSSR count). The summed E-state index contributed by atoms with van der Waals surface area (Å²) in [6, 6.07) is 8.10. The molecule has 2 heteroatoms. The molecule has 1 unspecified atom stereocenters. The van der Waals surface area contributed by atoms with Crippen molar-refractivity contribution < 1.29 is 0 Å². The molecule has 0 saturated carbocycles. The van der Waals surface area contributed by atoms with E-state index in [1.165, 1.54) is 35.4 Å². The lowest BCUT2D eigenvalue weighted by Gasteiger charge is -2.26. The average Bonchev–Trinajstić information content (AvgIpc) is 2.48. The summed E-state index contributed by atoms with van der Waals surface area (Å²) in [5, 5.41) is 4.53. The minimum atomic E-state index is 0.755. The number of benzene rings is 1. The van der Waals surface area contributed by atoms with Crippen LogP contribution in [0.5, 0.6) is 0 Å². The Morgan fingerprint density at radius 3 is 2.71 bits per heavy atom. The van der Waals surface area contributed by atoms with Gasteiger partial charge in [0.1, 0.15) is 0 Å². The van der Waals surface area contributed by atoms with Crippen molar-refractivity contribution in [3.8, 4) is 0 Å². The minimum Gasteiger partial charge on any atom is -0.358 e. The van der Waals surface area contributed by atoms with Crippen molar-refractivity contribution in [3.63, 3.8) is 0 Å². The first-order chi connectivity index (χ1) is 10.0. The normalized spacial score (nSPS) is 20.3. The molecule has 0 aromatic heterocycles. The Hall–Kier alpha value is -1.21. The van der Waals surface area contributed by atoms with Gasteiger partial charge in [-0.1, -0.05) is 49.2 Å². The molecule has 21 heavy (non-hydrogen) atoms. The van der Waals surface area contributed by atoms with E-state index >= 15 is 0 Å². The van der Waals surface area contributed by atoms with Gasteiger partial charge in [-0.2, -0.15) is 0 Å². The van der Waals surface area contributed by atoms with Crippen LogP contribution in [-0.2, 0) is 0 Å². The number of hydrogen-bond donors (Lipinski definition) is 1. The maximum atomic E-state index is 6.41. The third-order valence-corrected chi connectivity index (χ3v) is 4.79. The second kappa shape index (κ2) is 7.17. The first-order valence-electron chi connectivity index (χ1n) is 7.93. The monoisotopic (exact) mass is 303 g/mol. The van der Waals surface area contributed by atoms with Crippen LogP contribution >= 0.6 is 11.6 Å². The fraction of sp³-hybridized carbons (Fsp3) is 0.474. The van der Waals surface area contributed by atoms with E-state index in [1.807, 2.05) is 12.1 Å². The summed E-state index contributed by atoms with van der Waals surface area (Å²) in [6.07, 6.45) is 4.66. The summed E-state index contributed by atoms with van der Waals surface area (Å²) in [5.74, 6) is 0.755. The van der Waals surface area contributed by atoms with Crippen molar-refractivity contribution in [3.05, 3.63) is 51.7 Å². The summed E-state index contributed by atoms with van der Waals surface area (Å²) < 4.78 is 0. The van der Waals surface area contributed by atoms with Crippen molar-refractivity contribution in [1.29, 1.82) is 0 Å². The molecule has 0 saturated heterocycles. The highest BCUT2D eigenvalue weighted by Crippen LogP contribution is 2.32. The third kappa shape index (κ3) is 3.91. The molecule has 114 valence electrons. The zero-order valence-electron chi connectivity index (χ0n) is 13.6. The quantitative estimate of drug-likeness (QED) is 0.702. The second-order valence-electron chi connectivity index (χ2n) is 6.22. The van der Waals surface area contributed by atoms with Crippen molar-refractivity contribution in [2.24, 2.45) is 5.92 Å². The molecule has 1 aliphatic rings. The fourth-order valence-electron chi connectivity index (χ4n) is 2.79. The SMILES string of the molecule is CCC(C)=C(NC1=C(C)CCC(C)C1)c1ccccc1Cl. The molecule has 1 aliphatic carbocycles. The van der Waals surface area contributed by atoms with Crippen molar-refractivity contribution >= 4 is 17.3 Å². The molecular weight excluding hydrogens is 278 g/mol. The van der Waals surface area contributed by atoms with Crippen LogP contribution in [0.3, 0.4) is 0 Å². The van der Waals surface area contributed by atoms with Crippen LogP contribution in [-0.4, -0.2) is 0 Å². The summed E-state index contributed by atoms with van der Waals surface area (Å²) in [5.41, 5.74) is 6.52. The van der Waals surface area contributed by atoms with Crippen LogP contribution in [0.15, 0.2) is 41.1 Å². The van der Waals surface area contributed by atoms with Crippen LogP contribution in [0.1, 0.15) is 58.9 Å². The molecule has 0 heterocycles. The van der Waals surface area contributed by atoms with Crippen LogP contribution in [0.4, 0.5) is 0 Å². The maximum absolute atomic E-state index is 6.41. The van der Waals surface area contributed by atoms with Crippen LogP contribution in [0.2, 0.25) is 5.02 Å². The summed E-state index contributed by atoms with van der Waals surface area (Å²) in [4.78, 5) is 0. The Kier molecular flexibility index (Phi) is 5.52. The Bertz CT molecular complexity index is 569. The predicted octanol–water partition coefficient (Wildman–Crippen LogP) is 6.16. The van der Waals surface area contributed by atoms with Gasteiger partial charge in [-0.3, -0.25) is 0 Å². The van der Waals surface area contributed by atoms with Crippen LogP contribution in [0, 0.1) is 5.92 Å². The van der Waals surface area contributed by atoms with Crippen LogP contribution in [0.25, 0.3) is 5.70 Å². The van der Waals surface area contributed by atoms with Gasteiger partial charge in [0, 0.05) is 22.0 Å². The van der Waals surface area contributed by atoms with E-state index in [0.717, 1.165) is 29.3 Å². The van der Waals surface area contributed by atoms with Gasteiger partial charge in [0.25, 0.3) is 0 Å². The molecule has 1 aromatic carbocycles. The van der Waals surface area contributed by atoms with Gasteiger partial charge in [-0.15, -0.1) is 0 Å². The van der Waals surface area contributed by atoms with E-state index in [9.17, 15) is 0 Å². The Morgan fingerprint density at radius 1 is 1.33 bits per heavy atom. The molecule has 1 aromatic rings. The van der Waals surface area contributed by atoms with Crippen molar-refractivity contribution in [2.75, 3.05) is 0 Å². The van der Waals surface area contributed by atoms with Gasteiger partial charge in [-0.05, 0) is 57.1 Å². The Labute approximate surface area is 134 Å². The van der Waals surface area contributed by atoms with Crippen LogP contribution < -0.4 is 5.32 Å². The van der Waals surface area contributed by atoms with Crippen molar-refractivity contribution in [1.82, 2.24) is 5.32 Å². The van der Waals surface area contributed by atoms with Gasteiger partial charge in [-0.25, -0.2) is 0 Å². The lowest BCUT2D eigenvalue weighted by atomic mass is 9.88. The number of allylic oxidation sites excluding steroid dienone is 3. The average molecular weight is 304 g/mol. The Morgan fingerprint density at radius 2 is 2.05 bits per heavy atom. The van der Waals surface area contributed by atoms with Gasteiger partial charge < -0.3 is 5.32 Å². The minimum absolute atomic E-state index is 0.755. The van der Waals surface area contributed by atoms with E-state index in [-0.39, 0.29) is 0 Å².